The van der Waals surface area contributed by atoms with Crippen molar-refractivity contribution in [1.29, 1.82) is 0 Å². The van der Waals surface area contributed by atoms with Crippen LogP contribution in [-0.4, -0.2) is 79.1 Å². The number of hydrogen-bond acceptors (Lipinski definition) is 5. The fourth-order valence-electron chi connectivity index (χ4n) is 5.18. The number of carbonyl (C=O) groups excluding carboxylic acids is 2. The molecule has 2 aliphatic rings. The van der Waals surface area contributed by atoms with Crippen molar-refractivity contribution in [1.82, 2.24) is 14.8 Å². The molecule has 0 bridgehead atoms. The summed E-state index contributed by atoms with van der Waals surface area (Å²) in [5.74, 6) is 0.0162. The molecule has 2 atom stereocenters. The Morgan fingerprint density at radius 1 is 1.03 bits per heavy atom. The second kappa shape index (κ2) is 11.9. The molecule has 0 aliphatic carbocycles. The fraction of sp³-hybridized carbons (Fsp3) is 0.345. The van der Waals surface area contributed by atoms with Crippen LogP contribution in [0.4, 0.5) is 10.2 Å². The number of aromatic nitrogens is 1. The van der Waals surface area contributed by atoms with Crippen LogP contribution in [0, 0.1) is 5.82 Å². The second-order valence-corrected chi connectivity index (χ2v) is 10.7. The van der Waals surface area contributed by atoms with Gasteiger partial charge in [0.15, 0.2) is 0 Å². The SMILES string of the molecule is CN(C(=O)Cc1ccc(F)cc1)[C@H]1CN(C(=O)c2ccc(N3CCOCC3)nc2)C[C@@H]1c1ccc(Cl)c(Cl)c1. The third kappa shape index (κ3) is 6.19. The Hall–Kier alpha value is -3.20. The molecule has 2 aliphatic heterocycles. The molecule has 0 N–H and O–H groups in total. The third-order valence-electron chi connectivity index (χ3n) is 7.44. The molecule has 3 heterocycles. The highest BCUT2D eigenvalue weighted by Gasteiger charge is 2.40. The minimum Gasteiger partial charge on any atom is -0.378 e. The number of morpholine rings is 1. The maximum atomic E-state index is 13.6. The summed E-state index contributed by atoms with van der Waals surface area (Å²) >= 11 is 12.5. The Kier molecular flexibility index (Phi) is 8.35. The van der Waals surface area contributed by atoms with Crippen LogP contribution in [0.2, 0.25) is 10.0 Å². The second-order valence-electron chi connectivity index (χ2n) is 9.87. The lowest BCUT2D eigenvalue weighted by molar-refractivity contribution is -0.131. The van der Waals surface area contributed by atoms with Gasteiger partial charge in [-0.25, -0.2) is 9.37 Å². The van der Waals surface area contributed by atoms with Gasteiger partial charge < -0.3 is 19.4 Å². The number of halogens is 3. The van der Waals surface area contributed by atoms with Crippen LogP contribution in [0.15, 0.2) is 60.8 Å². The quantitative estimate of drug-likeness (QED) is 0.430. The van der Waals surface area contributed by atoms with Gasteiger partial charge in [0.2, 0.25) is 5.91 Å². The van der Waals surface area contributed by atoms with Crippen molar-refractivity contribution in [3.63, 3.8) is 0 Å². The van der Waals surface area contributed by atoms with Crippen LogP contribution in [-0.2, 0) is 16.0 Å². The van der Waals surface area contributed by atoms with Gasteiger partial charge in [0, 0.05) is 45.3 Å². The van der Waals surface area contributed by atoms with E-state index in [4.69, 9.17) is 27.9 Å². The number of ether oxygens (including phenoxy) is 1. The highest BCUT2D eigenvalue weighted by molar-refractivity contribution is 6.42. The van der Waals surface area contributed by atoms with Crippen molar-refractivity contribution in [2.75, 3.05) is 51.3 Å². The lowest BCUT2D eigenvalue weighted by atomic mass is 9.93. The number of likely N-dealkylation sites (tertiary alicyclic amines) is 1. The molecule has 2 fully saturated rings. The van der Waals surface area contributed by atoms with Crippen LogP contribution < -0.4 is 4.90 Å². The lowest BCUT2D eigenvalue weighted by Crippen LogP contribution is -2.42. The number of rotatable bonds is 6. The molecule has 0 saturated carbocycles. The Morgan fingerprint density at radius 3 is 2.44 bits per heavy atom. The van der Waals surface area contributed by atoms with E-state index < -0.39 is 0 Å². The number of hydrogen-bond donors (Lipinski definition) is 0. The average molecular weight is 571 g/mol. The molecular formula is C29H29Cl2FN4O3. The number of likely N-dealkylation sites (N-methyl/N-ethyl adjacent to an activating group) is 1. The van der Waals surface area contributed by atoms with E-state index in [2.05, 4.69) is 9.88 Å². The highest BCUT2D eigenvalue weighted by Crippen LogP contribution is 2.35. The van der Waals surface area contributed by atoms with Gasteiger partial charge in [0.25, 0.3) is 5.91 Å². The van der Waals surface area contributed by atoms with Gasteiger partial charge in [-0.2, -0.15) is 0 Å². The van der Waals surface area contributed by atoms with Crippen molar-refractivity contribution in [3.8, 4) is 0 Å². The predicted octanol–water partition coefficient (Wildman–Crippen LogP) is 4.67. The number of carbonyl (C=O) groups is 2. The highest BCUT2D eigenvalue weighted by atomic mass is 35.5. The standard InChI is InChI=1S/C29H29Cl2FN4O3/c1-34(28(37)14-19-2-6-22(32)7-3-19)26-18-36(17-23(26)20-4-8-24(30)25(31)15-20)29(38)21-5-9-27(33-16-21)35-10-12-39-13-11-35/h2-9,15-16,23,26H,10-14,17-18H2,1H3/t23-,26+/m1/s1. The molecule has 10 heteroatoms. The topological polar surface area (TPSA) is 66.0 Å². The van der Waals surface area contributed by atoms with Crippen LogP contribution in [0.5, 0.6) is 0 Å². The lowest BCUT2D eigenvalue weighted by Gasteiger charge is -2.29. The van der Waals surface area contributed by atoms with Crippen molar-refractivity contribution in [3.05, 3.63) is 93.3 Å². The van der Waals surface area contributed by atoms with E-state index in [0.717, 1.165) is 30.0 Å². The molecule has 2 aromatic carbocycles. The minimum atomic E-state index is -0.350. The van der Waals surface area contributed by atoms with Gasteiger partial charge in [-0.15, -0.1) is 0 Å². The molecule has 0 spiro atoms. The maximum Gasteiger partial charge on any atom is 0.255 e. The van der Waals surface area contributed by atoms with E-state index in [-0.39, 0.29) is 36.0 Å². The minimum absolute atomic E-state index is 0.123. The van der Waals surface area contributed by atoms with Gasteiger partial charge in [0.05, 0.1) is 41.3 Å². The molecule has 2 amide bonds. The molecule has 39 heavy (non-hydrogen) atoms. The first kappa shape index (κ1) is 27.4. The summed E-state index contributed by atoms with van der Waals surface area (Å²) in [6.45, 7) is 3.58. The number of anilines is 1. The zero-order valence-corrected chi connectivity index (χ0v) is 23.0. The first-order valence-electron chi connectivity index (χ1n) is 12.8. The van der Waals surface area contributed by atoms with Crippen LogP contribution in [0.3, 0.4) is 0 Å². The molecule has 7 nitrogen and oxygen atoms in total. The molecule has 1 aromatic heterocycles. The van der Waals surface area contributed by atoms with Crippen molar-refractivity contribution in [2.24, 2.45) is 0 Å². The van der Waals surface area contributed by atoms with Crippen molar-refractivity contribution in [2.45, 2.75) is 18.4 Å². The zero-order chi connectivity index (χ0) is 27.5. The molecule has 2 saturated heterocycles. The molecule has 204 valence electrons. The average Bonchev–Trinajstić information content (AvgIpc) is 3.41. The number of benzene rings is 2. The normalized spacial score (nSPS) is 19.3. The van der Waals surface area contributed by atoms with E-state index in [9.17, 15) is 14.0 Å². The zero-order valence-electron chi connectivity index (χ0n) is 21.5. The van der Waals surface area contributed by atoms with E-state index in [1.807, 2.05) is 12.1 Å². The predicted molar refractivity (Wildman–Crippen MR) is 149 cm³/mol. The summed E-state index contributed by atoms with van der Waals surface area (Å²) in [7, 11) is 1.74. The summed E-state index contributed by atoms with van der Waals surface area (Å²) in [4.78, 5) is 36.9. The van der Waals surface area contributed by atoms with Crippen LogP contribution in [0.1, 0.15) is 27.4 Å². The number of amides is 2. The van der Waals surface area contributed by atoms with Gasteiger partial charge in [0.1, 0.15) is 11.6 Å². The van der Waals surface area contributed by atoms with E-state index in [1.54, 1.807) is 53.4 Å². The smallest absolute Gasteiger partial charge is 0.255 e. The first-order valence-corrected chi connectivity index (χ1v) is 13.6. The Labute approximate surface area is 237 Å². The van der Waals surface area contributed by atoms with Gasteiger partial charge in [-0.3, -0.25) is 9.59 Å². The summed E-state index contributed by atoms with van der Waals surface area (Å²) in [6, 6.07) is 14.7. The summed E-state index contributed by atoms with van der Waals surface area (Å²) in [6.07, 6.45) is 1.74. The van der Waals surface area contributed by atoms with Gasteiger partial charge in [-0.1, -0.05) is 41.4 Å². The first-order chi connectivity index (χ1) is 18.8. The summed E-state index contributed by atoms with van der Waals surface area (Å²) in [5, 5.41) is 0.857. The summed E-state index contributed by atoms with van der Waals surface area (Å²) in [5.41, 5.74) is 2.10. The third-order valence-corrected chi connectivity index (χ3v) is 8.18. The summed E-state index contributed by atoms with van der Waals surface area (Å²) < 4.78 is 18.7. The Balaban J connectivity index is 1.36. The Bertz CT molecular complexity index is 1330. The molecular weight excluding hydrogens is 542 g/mol. The van der Waals surface area contributed by atoms with Crippen molar-refractivity contribution < 1.29 is 18.7 Å². The molecule has 3 aromatic rings. The monoisotopic (exact) mass is 570 g/mol. The van der Waals surface area contributed by atoms with E-state index in [1.165, 1.54) is 12.1 Å². The van der Waals surface area contributed by atoms with Crippen LogP contribution in [0.25, 0.3) is 0 Å². The van der Waals surface area contributed by atoms with Crippen molar-refractivity contribution >= 4 is 40.8 Å². The molecule has 0 unspecified atom stereocenters. The molecule has 5 rings (SSSR count). The van der Waals surface area contributed by atoms with Gasteiger partial charge in [-0.05, 0) is 47.5 Å². The maximum absolute atomic E-state index is 13.6. The van der Waals surface area contributed by atoms with Gasteiger partial charge >= 0.3 is 0 Å². The largest absolute Gasteiger partial charge is 0.378 e. The Morgan fingerprint density at radius 2 is 1.77 bits per heavy atom. The fourth-order valence-corrected chi connectivity index (χ4v) is 5.48. The number of nitrogens with zero attached hydrogens (tertiary/aromatic N) is 4. The van der Waals surface area contributed by atoms with Crippen LogP contribution >= 0.6 is 23.2 Å². The number of pyridine rings is 1. The molecule has 0 radical (unpaired) electrons. The van der Waals surface area contributed by atoms with E-state index >= 15 is 0 Å². The van der Waals surface area contributed by atoms with E-state index in [0.29, 0.717) is 41.9 Å².